The predicted molar refractivity (Wildman–Crippen MR) is 123 cm³/mol. The van der Waals surface area contributed by atoms with E-state index in [-0.39, 0.29) is 18.2 Å². The zero-order valence-electron chi connectivity index (χ0n) is 18.8. The molecule has 8 nitrogen and oxygen atoms in total. The van der Waals surface area contributed by atoms with Gasteiger partial charge in [-0.3, -0.25) is 4.90 Å². The van der Waals surface area contributed by atoms with Crippen LogP contribution in [-0.4, -0.2) is 58.8 Å². The lowest BCUT2D eigenvalue weighted by atomic mass is 9.92. The van der Waals surface area contributed by atoms with Gasteiger partial charge in [0, 0.05) is 30.2 Å². The third-order valence-corrected chi connectivity index (χ3v) is 6.78. The van der Waals surface area contributed by atoms with Gasteiger partial charge in [0.1, 0.15) is 16.1 Å². The molecule has 9 heteroatoms. The number of piperidine rings is 1. The van der Waals surface area contributed by atoms with E-state index >= 15 is 0 Å². The number of hydrogen-bond donors (Lipinski definition) is 0. The minimum atomic E-state index is -0.508. The number of hydrogen-bond acceptors (Lipinski definition) is 8. The summed E-state index contributed by atoms with van der Waals surface area (Å²) in [5, 5.41) is 2.84. The lowest BCUT2D eigenvalue weighted by Crippen LogP contribution is -2.63. The maximum Gasteiger partial charge on any atom is 0.410 e. The van der Waals surface area contributed by atoms with Crippen molar-refractivity contribution >= 4 is 34.5 Å². The van der Waals surface area contributed by atoms with Gasteiger partial charge in [-0.15, -0.1) is 11.3 Å². The number of carbonyl (C=O) groups is 1. The number of amides is 1. The van der Waals surface area contributed by atoms with Crippen molar-refractivity contribution in [2.45, 2.75) is 57.7 Å². The van der Waals surface area contributed by atoms with E-state index in [1.807, 2.05) is 43.2 Å². The molecule has 0 radical (unpaired) electrons. The fourth-order valence-electron chi connectivity index (χ4n) is 4.67. The quantitative estimate of drug-likeness (QED) is 0.552. The molecule has 170 valence electrons. The minimum absolute atomic E-state index is 0.0766. The fourth-order valence-corrected chi connectivity index (χ4v) is 5.34. The highest BCUT2D eigenvalue weighted by Gasteiger charge is 2.43. The van der Waals surface area contributed by atoms with Crippen LogP contribution in [0.15, 0.2) is 28.1 Å². The van der Waals surface area contributed by atoms with Gasteiger partial charge in [-0.05, 0) is 52.2 Å². The Morgan fingerprint density at radius 1 is 1.22 bits per heavy atom. The van der Waals surface area contributed by atoms with Crippen LogP contribution in [0.2, 0.25) is 0 Å². The molecular formula is C23H28N4O4S. The van der Waals surface area contributed by atoms with E-state index in [9.17, 15) is 4.79 Å². The molecule has 2 atom stereocenters. The maximum atomic E-state index is 12.9. The van der Waals surface area contributed by atoms with Crippen LogP contribution in [0.25, 0.3) is 21.7 Å². The van der Waals surface area contributed by atoms with Gasteiger partial charge in [0.25, 0.3) is 6.01 Å². The van der Waals surface area contributed by atoms with Crippen molar-refractivity contribution in [3.05, 3.63) is 23.7 Å². The van der Waals surface area contributed by atoms with Crippen molar-refractivity contribution in [1.29, 1.82) is 0 Å². The Labute approximate surface area is 191 Å². The predicted octanol–water partition coefficient (Wildman–Crippen LogP) is 4.94. The summed E-state index contributed by atoms with van der Waals surface area (Å²) < 4.78 is 17.5. The molecule has 0 spiro atoms. The Hall–Kier alpha value is -2.81. The number of rotatable bonds is 3. The fraction of sp³-hybridized carbons (Fsp3) is 0.522. The number of thiazole rings is 1. The van der Waals surface area contributed by atoms with Gasteiger partial charge in [-0.25, -0.2) is 9.78 Å². The van der Waals surface area contributed by atoms with Crippen LogP contribution >= 0.6 is 11.3 Å². The Kier molecular flexibility index (Phi) is 5.23. The summed E-state index contributed by atoms with van der Waals surface area (Å²) in [5.41, 5.74) is 1.79. The number of methoxy groups -OCH3 is 1. The van der Waals surface area contributed by atoms with Crippen molar-refractivity contribution < 1.29 is 18.7 Å². The van der Waals surface area contributed by atoms with E-state index in [1.54, 1.807) is 24.6 Å². The number of anilines is 1. The molecule has 2 aliphatic rings. The molecule has 4 heterocycles. The summed E-state index contributed by atoms with van der Waals surface area (Å²) >= 11 is 1.57. The number of fused-ring (bicyclic) bond motifs is 3. The first kappa shape index (κ1) is 21.1. The average molecular weight is 457 g/mol. The molecule has 1 aromatic carbocycles. The van der Waals surface area contributed by atoms with Crippen LogP contribution in [0.5, 0.6) is 5.75 Å². The second-order valence-electron chi connectivity index (χ2n) is 9.36. The lowest BCUT2D eigenvalue weighted by Gasteiger charge is -2.49. The topological polar surface area (TPSA) is 80.9 Å². The van der Waals surface area contributed by atoms with Gasteiger partial charge in [0.2, 0.25) is 0 Å². The Morgan fingerprint density at radius 2 is 1.97 bits per heavy atom. The molecule has 2 aliphatic heterocycles. The highest BCUT2D eigenvalue weighted by Crippen LogP contribution is 2.39. The molecule has 0 N–H and O–H groups in total. The summed E-state index contributed by atoms with van der Waals surface area (Å²) in [7, 11) is 1.63. The van der Waals surface area contributed by atoms with Gasteiger partial charge in [0.05, 0.1) is 19.2 Å². The number of ether oxygens (including phenoxy) is 2. The summed E-state index contributed by atoms with van der Waals surface area (Å²) in [5.74, 6) is 0.645. The number of nitrogens with zero attached hydrogens (tertiary/aromatic N) is 4. The second kappa shape index (κ2) is 7.95. The molecular weight excluding hydrogens is 428 g/mol. The molecule has 2 bridgehead atoms. The highest BCUT2D eigenvalue weighted by molar-refractivity contribution is 7.13. The van der Waals surface area contributed by atoms with E-state index in [4.69, 9.17) is 18.9 Å². The number of aromatic nitrogens is 2. The van der Waals surface area contributed by atoms with Crippen LogP contribution in [0.1, 0.15) is 40.0 Å². The van der Waals surface area contributed by atoms with Crippen molar-refractivity contribution in [3.8, 4) is 16.3 Å². The number of carbonyl (C=O) groups excluding carboxylic acids is 1. The third kappa shape index (κ3) is 3.79. The monoisotopic (exact) mass is 456 g/mol. The first-order valence-corrected chi connectivity index (χ1v) is 11.9. The summed E-state index contributed by atoms with van der Waals surface area (Å²) in [6.07, 6.45) is 4.56. The number of benzene rings is 1. The van der Waals surface area contributed by atoms with E-state index in [2.05, 4.69) is 9.88 Å². The van der Waals surface area contributed by atoms with E-state index < -0.39 is 5.60 Å². The molecule has 1 amide bonds. The first-order chi connectivity index (χ1) is 15.3. The molecule has 2 fully saturated rings. The Morgan fingerprint density at radius 3 is 2.59 bits per heavy atom. The van der Waals surface area contributed by atoms with Crippen molar-refractivity contribution in [2.75, 3.05) is 25.1 Å². The molecule has 32 heavy (non-hydrogen) atoms. The largest absolute Gasteiger partial charge is 0.493 e. The SMILES string of the molecule is COc1ccc(-c2nccs2)c2nc(N3CC4CCCC(C3)N4C(=O)OC(C)(C)C)oc12. The van der Waals surface area contributed by atoms with Gasteiger partial charge in [-0.2, -0.15) is 4.98 Å². The zero-order valence-corrected chi connectivity index (χ0v) is 19.6. The van der Waals surface area contributed by atoms with Crippen molar-refractivity contribution in [1.82, 2.24) is 14.9 Å². The summed E-state index contributed by atoms with van der Waals surface area (Å²) in [4.78, 5) is 26.3. The van der Waals surface area contributed by atoms with Crippen molar-refractivity contribution in [3.63, 3.8) is 0 Å². The molecule has 0 saturated carbocycles. The van der Waals surface area contributed by atoms with Gasteiger partial charge < -0.3 is 18.8 Å². The molecule has 5 rings (SSSR count). The second-order valence-corrected chi connectivity index (χ2v) is 10.3. The van der Waals surface area contributed by atoms with Crippen LogP contribution in [0.3, 0.4) is 0 Å². The van der Waals surface area contributed by atoms with Crippen LogP contribution < -0.4 is 9.64 Å². The normalized spacial score (nSPS) is 21.1. The molecule has 2 aromatic heterocycles. The van der Waals surface area contributed by atoms with Crippen LogP contribution in [-0.2, 0) is 4.74 Å². The van der Waals surface area contributed by atoms with Crippen molar-refractivity contribution in [2.24, 2.45) is 0 Å². The maximum absolute atomic E-state index is 12.9. The zero-order chi connectivity index (χ0) is 22.5. The van der Waals surface area contributed by atoms with Gasteiger partial charge in [0.15, 0.2) is 11.3 Å². The number of oxazole rings is 1. The van der Waals surface area contributed by atoms with Crippen LogP contribution in [0, 0.1) is 0 Å². The van der Waals surface area contributed by atoms with E-state index in [0.29, 0.717) is 30.4 Å². The Bertz CT molecular complexity index is 1110. The van der Waals surface area contributed by atoms with Gasteiger partial charge in [-0.1, -0.05) is 0 Å². The standard InChI is InChI=1S/C23H28N4O4S/c1-23(2,3)31-22(28)27-14-6-5-7-15(27)13-26(12-14)21-25-18-16(20-24-10-11-32-20)8-9-17(29-4)19(18)30-21/h8-11,14-15H,5-7,12-13H2,1-4H3. The minimum Gasteiger partial charge on any atom is -0.493 e. The van der Waals surface area contributed by atoms with E-state index in [0.717, 1.165) is 35.4 Å². The summed E-state index contributed by atoms with van der Waals surface area (Å²) in [6.45, 7) is 7.04. The molecule has 2 saturated heterocycles. The number of piperazine rings is 1. The lowest BCUT2D eigenvalue weighted by molar-refractivity contribution is -0.0102. The highest BCUT2D eigenvalue weighted by atomic mass is 32.1. The summed E-state index contributed by atoms with van der Waals surface area (Å²) in [6, 6.07) is 4.58. The molecule has 0 aliphatic carbocycles. The Balaban J connectivity index is 1.47. The first-order valence-electron chi connectivity index (χ1n) is 11.0. The van der Waals surface area contributed by atoms with E-state index in [1.165, 1.54) is 0 Å². The molecule has 2 unspecified atom stereocenters. The average Bonchev–Trinajstić information content (AvgIpc) is 3.41. The molecule has 3 aromatic rings. The van der Waals surface area contributed by atoms with Crippen LogP contribution in [0.4, 0.5) is 10.8 Å². The third-order valence-electron chi connectivity index (χ3n) is 5.98. The smallest absolute Gasteiger partial charge is 0.410 e. The van der Waals surface area contributed by atoms with Gasteiger partial charge >= 0.3 is 6.09 Å².